The molecule has 0 aromatic heterocycles. The van der Waals surface area contributed by atoms with E-state index in [4.69, 9.17) is 17.1 Å². The van der Waals surface area contributed by atoms with Crippen molar-refractivity contribution in [3.05, 3.63) is 0 Å². The second-order valence-corrected chi connectivity index (χ2v) is 2.24. The predicted octanol–water partition coefficient (Wildman–Crippen LogP) is 1.45. The van der Waals surface area contributed by atoms with Crippen molar-refractivity contribution in [2.45, 2.75) is 27.6 Å². The minimum atomic E-state index is -2.77. The molecule has 0 amide bonds. The van der Waals surface area contributed by atoms with Gasteiger partial charge in [-0.25, -0.2) is 0 Å². The van der Waals surface area contributed by atoms with E-state index in [0.717, 1.165) is 6.92 Å². The summed E-state index contributed by atoms with van der Waals surface area (Å²) in [5.74, 6) is -6.45. The fraction of sp³-hybridized carbons (Fsp3) is 0.750. The molecular formula is C8H16O4. The number of hydrogen-bond acceptors (Lipinski definition) is 2. The number of rotatable bonds is 2. The van der Waals surface area contributed by atoms with Crippen LogP contribution in [0.15, 0.2) is 0 Å². The maximum absolute atomic E-state index is 10.1. The summed E-state index contributed by atoms with van der Waals surface area (Å²) >= 11 is 0. The van der Waals surface area contributed by atoms with Crippen molar-refractivity contribution in [3.8, 4) is 0 Å². The van der Waals surface area contributed by atoms with Crippen molar-refractivity contribution in [3.63, 3.8) is 0 Å². The van der Waals surface area contributed by atoms with Crippen LogP contribution in [0.5, 0.6) is 0 Å². The second-order valence-electron chi connectivity index (χ2n) is 2.24. The van der Waals surface area contributed by atoms with Gasteiger partial charge >= 0.3 is 11.9 Å². The molecule has 0 saturated heterocycles. The number of carboxylic acids is 2. The van der Waals surface area contributed by atoms with E-state index >= 15 is 0 Å². The van der Waals surface area contributed by atoms with Crippen molar-refractivity contribution < 1.29 is 26.7 Å². The molecule has 0 aliphatic carbocycles. The highest BCUT2D eigenvalue weighted by Crippen LogP contribution is 1.87. The predicted molar refractivity (Wildman–Crippen MR) is 44.9 cm³/mol. The van der Waals surface area contributed by atoms with E-state index in [1.807, 2.05) is 0 Å². The molecule has 0 aliphatic rings. The molecule has 12 heavy (non-hydrogen) atoms. The summed E-state index contributed by atoms with van der Waals surface area (Å²) in [6, 6.07) is 0. The van der Waals surface area contributed by atoms with Crippen LogP contribution in [0.3, 0.4) is 0 Å². The molecule has 4 heteroatoms. The lowest BCUT2D eigenvalue weighted by atomic mass is 10.2. The smallest absolute Gasteiger partial charge is 0.305 e. The molecule has 0 aliphatic heterocycles. The zero-order valence-corrected chi connectivity index (χ0v) is 7.21. The fourth-order valence-corrected chi connectivity index (χ4v) is 0. The van der Waals surface area contributed by atoms with Crippen LogP contribution >= 0.6 is 0 Å². The molecule has 0 spiro atoms. The molecule has 1 atom stereocenters. The van der Waals surface area contributed by atoms with Gasteiger partial charge < -0.3 is 10.2 Å². The Morgan fingerprint density at radius 3 is 1.42 bits per heavy atom. The Labute approximate surface area is 79.2 Å². The largest absolute Gasteiger partial charge is 0.481 e. The second kappa shape index (κ2) is 6.64. The Morgan fingerprint density at radius 1 is 1.17 bits per heavy atom. The summed E-state index contributed by atoms with van der Waals surface area (Å²) in [4.78, 5) is 20.0. The highest BCUT2D eigenvalue weighted by Gasteiger charge is 1.99. The van der Waals surface area contributed by atoms with Gasteiger partial charge in [0.15, 0.2) is 0 Å². The molecule has 0 fully saturated rings. The third-order valence-corrected chi connectivity index (χ3v) is 0.749. The maximum Gasteiger partial charge on any atom is 0.305 e. The first-order valence-electron chi connectivity index (χ1n) is 5.61. The van der Waals surface area contributed by atoms with Gasteiger partial charge in [0.05, 0.1) is 11.8 Å². The van der Waals surface area contributed by atoms with E-state index in [1.54, 1.807) is 0 Å². The van der Waals surface area contributed by atoms with Gasteiger partial charge in [0, 0.05) is 6.85 Å². The van der Waals surface area contributed by atoms with Crippen LogP contribution in [0.25, 0.3) is 0 Å². The topological polar surface area (TPSA) is 74.6 Å². The van der Waals surface area contributed by atoms with Gasteiger partial charge in [-0.2, -0.15) is 0 Å². The molecule has 0 bridgehead atoms. The van der Waals surface area contributed by atoms with E-state index < -0.39 is 30.6 Å². The van der Waals surface area contributed by atoms with Gasteiger partial charge in [-0.15, -0.1) is 0 Å². The molecule has 0 aromatic rings. The Kier molecular flexibility index (Phi) is 3.08. The zero-order chi connectivity index (χ0) is 14.7. The highest BCUT2D eigenvalue weighted by atomic mass is 16.4. The van der Waals surface area contributed by atoms with Crippen molar-refractivity contribution in [2.24, 2.45) is 11.8 Å². The van der Waals surface area contributed by atoms with Crippen LogP contribution in [0.1, 0.15) is 34.5 Å². The van der Waals surface area contributed by atoms with Crippen molar-refractivity contribution in [1.82, 2.24) is 0 Å². The monoisotopic (exact) mass is 181 g/mol. The molecular weight excluding hydrogens is 160 g/mol. The minimum absolute atomic E-state index is 0.850. The Balaban J connectivity index is 0. The minimum Gasteiger partial charge on any atom is -0.481 e. The molecule has 1 unspecified atom stereocenters. The van der Waals surface area contributed by atoms with Gasteiger partial charge in [0.2, 0.25) is 0 Å². The molecule has 0 aromatic carbocycles. The van der Waals surface area contributed by atoms with E-state index in [0.29, 0.717) is 0 Å². The summed E-state index contributed by atoms with van der Waals surface area (Å²) in [5, 5.41) is 16.3. The number of carbonyl (C=O) groups is 2. The lowest BCUT2D eigenvalue weighted by molar-refractivity contribution is -0.141. The molecule has 0 rings (SSSR count). The van der Waals surface area contributed by atoms with Crippen molar-refractivity contribution in [1.29, 1.82) is 0 Å². The summed E-state index contributed by atoms with van der Waals surface area (Å²) in [6.45, 7) is 0.742. The molecule has 0 radical (unpaired) electrons. The zero-order valence-electron chi connectivity index (χ0n) is 12.2. The van der Waals surface area contributed by atoms with E-state index in [2.05, 4.69) is 0 Å². The molecule has 2 N–H and O–H groups in total. The Hall–Kier alpha value is -1.06. The summed E-state index contributed by atoms with van der Waals surface area (Å²) in [5.41, 5.74) is 0. The maximum atomic E-state index is 10.1. The lowest BCUT2D eigenvalue weighted by Gasteiger charge is -1.89. The van der Waals surface area contributed by atoms with E-state index in [1.165, 1.54) is 13.8 Å². The third-order valence-electron chi connectivity index (χ3n) is 0.749. The van der Waals surface area contributed by atoms with Crippen LogP contribution in [0.4, 0.5) is 0 Å². The first kappa shape index (κ1) is 5.56. The first-order chi connectivity index (χ1) is 7.14. The lowest BCUT2D eigenvalue weighted by Crippen LogP contribution is -2.03. The SMILES string of the molecule is [2H]C(C)(C)C(=O)O.[2H]C([2H])([2H])C([2H])(C)C(=O)O. The standard InChI is InChI=1S/2C4H8O2/c2*1-3(2)4(5)6/h2*3H,1-2H3,(H,5,6)/i1D3,3D;3D. The number of carboxylic acid groups (broad SMARTS) is 2. The van der Waals surface area contributed by atoms with Gasteiger partial charge in [-0.1, -0.05) is 27.6 Å². The average molecular weight is 181 g/mol. The normalized spacial score (nSPS) is 22.1. The van der Waals surface area contributed by atoms with Crippen LogP contribution in [-0.4, -0.2) is 22.2 Å². The quantitative estimate of drug-likeness (QED) is 0.676. The Morgan fingerprint density at radius 2 is 1.42 bits per heavy atom. The van der Waals surface area contributed by atoms with Gasteiger partial charge in [-0.05, 0) is 0 Å². The summed E-state index contributed by atoms with van der Waals surface area (Å²) in [6.07, 6.45) is 0. The van der Waals surface area contributed by atoms with Crippen molar-refractivity contribution >= 4 is 11.9 Å². The highest BCUT2D eigenvalue weighted by molar-refractivity contribution is 5.69. The van der Waals surface area contributed by atoms with E-state index in [-0.39, 0.29) is 0 Å². The summed E-state index contributed by atoms with van der Waals surface area (Å²) in [7, 11) is 0. The van der Waals surface area contributed by atoms with Gasteiger partial charge in [-0.3, -0.25) is 9.59 Å². The first-order valence-corrected chi connectivity index (χ1v) is 3.11. The van der Waals surface area contributed by atoms with Crippen LogP contribution < -0.4 is 0 Å². The molecule has 0 heterocycles. The van der Waals surface area contributed by atoms with E-state index in [9.17, 15) is 9.59 Å². The summed E-state index contributed by atoms with van der Waals surface area (Å²) < 4.78 is 33.5. The molecule has 0 saturated carbocycles. The fourth-order valence-electron chi connectivity index (χ4n) is 0. The van der Waals surface area contributed by atoms with Crippen LogP contribution in [0.2, 0.25) is 0 Å². The van der Waals surface area contributed by atoms with Gasteiger partial charge in [0.1, 0.15) is 0 Å². The molecule has 72 valence electrons. The van der Waals surface area contributed by atoms with Gasteiger partial charge in [0.25, 0.3) is 0 Å². The van der Waals surface area contributed by atoms with Crippen molar-refractivity contribution in [2.75, 3.05) is 0 Å². The third kappa shape index (κ3) is 11.7. The average Bonchev–Trinajstić information content (AvgIpc) is 2.00. The van der Waals surface area contributed by atoms with Crippen LogP contribution in [0, 0.1) is 11.8 Å². The Bertz CT molecular complexity index is 289. The van der Waals surface area contributed by atoms with Crippen LogP contribution in [-0.2, 0) is 9.59 Å². The number of hydrogen-bond donors (Lipinski definition) is 2. The molecule has 4 nitrogen and oxygen atoms in total. The number of aliphatic carboxylic acids is 2.